The van der Waals surface area contributed by atoms with Crippen molar-refractivity contribution in [3.05, 3.63) is 64.9 Å². The molecule has 1 amide bonds. The van der Waals surface area contributed by atoms with Crippen molar-refractivity contribution < 1.29 is 4.79 Å². The van der Waals surface area contributed by atoms with Gasteiger partial charge in [-0.2, -0.15) is 5.10 Å². The van der Waals surface area contributed by atoms with Crippen molar-refractivity contribution in [2.24, 2.45) is 7.05 Å². The second kappa shape index (κ2) is 6.22. The fourth-order valence-electron chi connectivity index (χ4n) is 2.23. The van der Waals surface area contributed by atoms with Crippen molar-refractivity contribution in [3.63, 3.8) is 0 Å². The van der Waals surface area contributed by atoms with Gasteiger partial charge in [-0.3, -0.25) is 9.48 Å². The van der Waals surface area contributed by atoms with Gasteiger partial charge in [0.1, 0.15) is 11.5 Å². The van der Waals surface area contributed by atoms with Crippen LogP contribution in [-0.2, 0) is 7.05 Å². The van der Waals surface area contributed by atoms with E-state index in [-0.39, 0.29) is 5.91 Å². The Morgan fingerprint density at radius 3 is 2.61 bits per heavy atom. The number of nitrogens with zero attached hydrogens (tertiary/aromatic N) is 3. The van der Waals surface area contributed by atoms with Gasteiger partial charge in [0, 0.05) is 23.3 Å². The second-order valence-electron chi connectivity index (χ2n) is 5.16. The monoisotopic (exact) mass is 326 g/mol. The standard InChI is InChI=1S/C17H15ClN4O/c1-11-4-3-5-16(19-11)20-17(23)15-10-14(21-22(15)2)12-6-8-13(18)9-7-12/h3-10H,1-2H3,(H,19,20,23). The van der Waals surface area contributed by atoms with Gasteiger partial charge >= 0.3 is 0 Å². The molecule has 2 heterocycles. The van der Waals surface area contributed by atoms with Gasteiger partial charge in [-0.05, 0) is 37.3 Å². The first-order valence-electron chi connectivity index (χ1n) is 7.08. The third kappa shape index (κ3) is 3.40. The highest BCUT2D eigenvalue weighted by Crippen LogP contribution is 2.21. The summed E-state index contributed by atoms with van der Waals surface area (Å²) in [5, 5.41) is 7.83. The third-order valence-electron chi connectivity index (χ3n) is 3.38. The summed E-state index contributed by atoms with van der Waals surface area (Å²) in [5.41, 5.74) is 2.91. The Morgan fingerprint density at radius 2 is 1.91 bits per heavy atom. The molecule has 1 aromatic carbocycles. The molecule has 0 unspecified atom stereocenters. The van der Waals surface area contributed by atoms with E-state index in [1.54, 1.807) is 36.0 Å². The summed E-state index contributed by atoms with van der Waals surface area (Å²) in [6.45, 7) is 1.87. The number of aryl methyl sites for hydroxylation is 2. The van der Waals surface area contributed by atoms with E-state index in [2.05, 4.69) is 15.4 Å². The number of nitrogens with one attached hydrogen (secondary N) is 1. The first-order valence-corrected chi connectivity index (χ1v) is 7.46. The van der Waals surface area contributed by atoms with E-state index in [1.807, 2.05) is 31.2 Å². The molecule has 0 bridgehead atoms. The first kappa shape index (κ1) is 15.2. The Morgan fingerprint density at radius 1 is 1.17 bits per heavy atom. The van der Waals surface area contributed by atoms with E-state index in [0.717, 1.165) is 11.3 Å². The second-order valence-corrected chi connectivity index (χ2v) is 5.60. The van der Waals surface area contributed by atoms with Crippen LogP contribution in [0.2, 0.25) is 5.02 Å². The molecule has 0 saturated carbocycles. The predicted molar refractivity (Wildman–Crippen MR) is 90.6 cm³/mol. The fourth-order valence-corrected chi connectivity index (χ4v) is 2.36. The molecule has 0 fully saturated rings. The highest BCUT2D eigenvalue weighted by Gasteiger charge is 2.15. The molecule has 23 heavy (non-hydrogen) atoms. The van der Waals surface area contributed by atoms with Crippen LogP contribution < -0.4 is 5.32 Å². The lowest BCUT2D eigenvalue weighted by molar-refractivity contribution is 0.101. The maximum absolute atomic E-state index is 12.4. The van der Waals surface area contributed by atoms with Crippen molar-refractivity contribution in [2.75, 3.05) is 5.32 Å². The largest absolute Gasteiger partial charge is 0.305 e. The van der Waals surface area contributed by atoms with Crippen LogP contribution in [0.5, 0.6) is 0 Å². The van der Waals surface area contributed by atoms with E-state index in [0.29, 0.717) is 22.2 Å². The summed E-state index contributed by atoms with van der Waals surface area (Å²) in [6.07, 6.45) is 0. The number of carbonyl (C=O) groups excluding carboxylic acids is 1. The van der Waals surface area contributed by atoms with Crippen molar-refractivity contribution in [2.45, 2.75) is 6.92 Å². The molecule has 0 aliphatic heterocycles. The average Bonchev–Trinajstić information content (AvgIpc) is 2.90. The van der Waals surface area contributed by atoms with Gasteiger partial charge in [-0.1, -0.05) is 29.8 Å². The first-order chi connectivity index (χ1) is 11.0. The highest BCUT2D eigenvalue weighted by atomic mass is 35.5. The average molecular weight is 327 g/mol. The van der Waals surface area contributed by atoms with Crippen molar-refractivity contribution >= 4 is 23.3 Å². The number of hydrogen-bond acceptors (Lipinski definition) is 3. The molecular weight excluding hydrogens is 312 g/mol. The zero-order valence-corrected chi connectivity index (χ0v) is 13.5. The molecular formula is C17H15ClN4O. The Hall–Kier alpha value is -2.66. The van der Waals surface area contributed by atoms with Gasteiger partial charge in [0.25, 0.3) is 5.91 Å². The summed E-state index contributed by atoms with van der Waals surface area (Å²) >= 11 is 5.89. The van der Waals surface area contributed by atoms with Crippen molar-refractivity contribution in [1.29, 1.82) is 0 Å². The SMILES string of the molecule is Cc1cccc(NC(=O)c2cc(-c3ccc(Cl)cc3)nn2C)n1. The van der Waals surface area contributed by atoms with Crippen LogP contribution in [0.4, 0.5) is 5.82 Å². The lowest BCUT2D eigenvalue weighted by atomic mass is 10.1. The highest BCUT2D eigenvalue weighted by molar-refractivity contribution is 6.30. The van der Waals surface area contributed by atoms with Gasteiger partial charge in [0.2, 0.25) is 0 Å². The summed E-state index contributed by atoms with van der Waals surface area (Å²) in [4.78, 5) is 16.7. The van der Waals surface area contributed by atoms with Crippen LogP contribution in [-0.4, -0.2) is 20.7 Å². The number of carbonyl (C=O) groups is 1. The molecule has 0 atom stereocenters. The summed E-state index contributed by atoms with van der Waals surface area (Å²) in [6, 6.07) is 14.5. The van der Waals surface area contributed by atoms with Crippen molar-refractivity contribution in [3.8, 4) is 11.3 Å². The van der Waals surface area contributed by atoms with Crippen LogP contribution in [0.25, 0.3) is 11.3 Å². The number of anilines is 1. The third-order valence-corrected chi connectivity index (χ3v) is 3.63. The summed E-state index contributed by atoms with van der Waals surface area (Å²) in [7, 11) is 1.73. The summed E-state index contributed by atoms with van der Waals surface area (Å²) < 4.78 is 1.55. The topological polar surface area (TPSA) is 59.8 Å². The number of amides is 1. The van der Waals surface area contributed by atoms with E-state index >= 15 is 0 Å². The number of hydrogen-bond donors (Lipinski definition) is 1. The molecule has 1 N–H and O–H groups in total. The normalized spacial score (nSPS) is 10.6. The Bertz CT molecular complexity index is 855. The molecule has 116 valence electrons. The van der Waals surface area contributed by atoms with Crippen LogP contribution in [0.1, 0.15) is 16.2 Å². The van der Waals surface area contributed by atoms with Crippen LogP contribution >= 0.6 is 11.6 Å². The zero-order valence-electron chi connectivity index (χ0n) is 12.7. The number of aromatic nitrogens is 3. The molecule has 6 heteroatoms. The smallest absolute Gasteiger partial charge is 0.275 e. The lowest BCUT2D eigenvalue weighted by Crippen LogP contribution is -2.16. The molecule has 0 aliphatic carbocycles. The van der Waals surface area contributed by atoms with E-state index in [9.17, 15) is 4.79 Å². The van der Waals surface area contributed by atoms with Gasteiger partial charge < -0.3 is 5.32 Å². The molecule has 5 nitrogen and oxygen atoms in total. The number of halogens is 1. The summed E-state index contributed by atoms with van der Waals surface area (Å²) in [5.74, 6) is 0.266. The molecule has 3 rings (SSSR count). The van der Waals surface area contributed by atoms with Crippen LogP contribution in [0.3, 0.4) is 0 Å². The Kier molecular flexibility index (Phi) is 4.12. The molecule has 0 spiro atoms. The molecule has 0 saturated heterocycles. The molecule has 3 aromatic rings. The van der Waals surface area contributed by atoms with Gasteiger partial charge in [0.15, 0.2) is 0 Å². The molecule has 2 aromatic heterocycles. The quantitative estimate of drug-likeness (QED) is 0.798. The van der Waals surface area contributed by atoms with E-state index in [4.69, 9.17) is 11.6 Å². The number of pyridine rings is 1. The predicted octanol–water partition coefficient (Wildman–Crippen LogP) is 3.70. The van der Waals surface area contributed by atoms with Crippen LogP contribution in [0.15, 0.2) is 48.5 Å². The number of benzene rings is 1. The minimum absolute atomic E-state index is 0.252. The maximum atomic E-state index is 12.4. The fraction of sp³-hybridized carbons (Fsp3) is 0.118. The minimum atomic E-state index is -0.252. The van der Waals surface area contributed by atoms with Gasteiger partial charge in [-0.15, -0.1) is 0 Å². The van der Waals surface area contributed by atoms with E-state index < -0.39 is 0 Å². The van der Waals surface area contributed by atoms with Gasteiger partial charge in [0.05, 0.1) is 5.69 Å². The molecule has 0 radical (unpaired) electrons. The maximum Gasteiger partial charge on any atom is 0.275 e. The van der Waals surface area contributed by atoms with Gasteiger partial charge in [-0.25, -0.2) is 4.98 Å². The van der Waals surface area contributed by atoms with Crippen molar-refractivity contribution in [1.82, 2.24) is 14.8 Å². The number of rotatable bonds is 3. The molecule has 0 aliphatic rings. The van der Waals surface area contributed by atoms with E-state index in [1.165, 1.54) is 0 Å². The Labute approximate surface area is 138 Å². The van der Waals surface area contributed by atoms with Crippen LogP contribution in [0, 0.1) is 6.92 Å². The Balaban J connectivity index is 1.85. The zero-order chi connectivity index (χ0) is 16.4. The lowest BCUT2D eigenvalue weighted by Gasteiger charge is -2.04. The minimum Gasteiger partial charge on any atom is -0.305 e.